The van der Waals surface area contributed by atoms with E-state index in [1.807, 2.05) is 72.1 Å². The maximum Gasteiger partial charge on any atom is 0.329 e. The topological polar surface area (TPSA) is 95.1 Å². The van der Waals surface area contributed by atoms with Gasteiger partial charge in [0.1, 0.15) is 11.4 Å². The summed E-state index contributed by atoms with van der Waals surface area (Å²) in [4.78, 5) is 17.4. The van der Waals surface area contributed by atoms with Crippen LogP contribution in [0, 0.1) is 0 Å². The Morgan fingerprint density at radius 3 is 2.77 bits per heavy atom. The van der Waals surface area contributed by atoms with Gasteiger partial charge < -0.3 is 10.8 Å². The second kappa shape index (κ2) is 5.83. The number of nitrogens with one attached hydrogen (secondary N) is 1. The van der Waals surface area contributed by atoms with Crippen molar-refractivity contribution in [2.45, 2.75) is 6.92 Å². The first kappa shape index (κ1) is 16.1. The van der Waals surface area contributed by atoms with E-state index in [1.54, 1.807) is 11.2 Å². The summed E-state index contributed by atoms with van der Waals surface area (Å²) in [6, 6.07) is 17.7. The van der Waals surface area contributed by atoms with Crippen molar-refractivity contribution in [3.05, 3.63) is 72.2 Å². The summed E-state index contributed by atoms with van der Waals surface area (Å²) < 4.78 is 0. The molecule has 2 aliphatic heterocycles. The van der Waals surface area contributed by atoms with Crippen LogP contribution < -0.4 is 20.9 Å². The molecule has 0 atom stereocenters. The molecule has 3 heterocycles. The van der Waals surface area contributed by atoms with Gasteiger partial charge in [0.05, 0.1) is 11.2 Å². The smallest absolute Gasteiger partial charge is 0.329 e. The Bertz CT molecular complexity index is 1060. The van der Waals surface area contributed by atoms with Gasteiger partial charge >= 0.3 is 5.91 Å². The van der Waals surface area contributed by atoms with Crippen molar-refractivity contribution in [2.75, 3.05) is 15.3 Å². The second-order valence-electron chi connectivity index (χ2n) is 6.16. The zero-order chi connectivity index (χ0) is 17.0. The SMILES string of the molecule is CC1=C2C(=O)N(c3ccc4ncccc4c3)[NH2+]N2c2ccccc2N1.[OH-]. The molecule has 1 amide bonds. The largest absolute Gasteiger partial charge is 0.870 e. The van der Waals surface area contributed by atoms with E-state index in [0.717, 1.165) is 33.7 Å². The molecular weight excluding hydrogens is 330 g/mol. The van der Waals surface area contributed by atoms with Crippen LogP contribution in [0.4, 0.5) is 17.1 Å². The minimum Gasteiger partial charge on any atom is -0.870 e. The number of nitrogens with zero attached hydrogens (tertiary/aromatic N) is 3. The van der Waals surface area contributed by atoms with E-state index in [1.165, 1.54) is 0 Å². The Kier molecular flexibility index (Phi) is 3.61. The van der Waals surface area contributed by atoms with Crippen molar-refractivity contribution in [1.29, 1.82) is 0 Å². The van der Waals surface area contributed by atoms with E-state index < -0.39 is 0 Å². The Hall–Kier alpha value is -3.42. The van der Waals surface area contributed by atoms with Crippen molar-refractivity contribution in [3.8, 4) is 0 Å². The summed E-state index contributed by atoms with van der Waals surface area (Å²) in [6.07, 6.45) is 1.77. The summed E-state index contributed by atoms with van der Waals surface area (Å²) in [5.41, 5.74) is 7.09. The van der Waals surface area contributed by atoms with Gasteiger partial charge in [-0.2, -0.15) is 5.01 Å². The lowest BCUT2D eigenvalue weighted by Gasteiger charge is -2.24. The number of amides is 1. The maximum absolute atomic E-state index is 13.0. The Morgan fingerprint density at radius 1 is 1.04 bits per heavy atom. The number of quaternary nitrogens is 1. The lowest BCUT2D eigenvalue weighted by atomic mass is 10.1. The van der Waals surface area contributed by atoms with Crippen LogP contribution >= 0.6 is 0 Å². The zero-order valence-corrected chi connectivity index (χ0v) is 14.0. The Morgan fingerprint density at radius 2 is 1.88 bits per heavy atom. The minimum absolute atomic E-state index is 0. The minimum atomic E-state index is -0.0391. The van der Waals surface area contributed by atoms with Gasteiger partial charge in [0.15, 0.2) is 5.70 Å². The number of anilines is 3. The number of pyridine rings is 1. The highest BCUT2D eigenvalue weighted by molar-refractivity contribution is 6.10. The van der Waals surface area contributed by atoms with E-state index in [0.29, 0.717) is 5.70 Å². The molecule has 1 saturated heterocycles. The number of hydrogen-bond donors (Lipinski definition) is 2. The van der Waals surface area contributed by atoms with Gasteiger partial charge in [-0.3, -0.25) is 9.78 Å². The summed E-state index contributed by atoms with van der Waals surface area (Å²) in [5, 5.41) is 7.98. The molecule has 7 heteroatoms. The van der Waals surface area contributed by atoms with Crippen LogP contribution in [0.25, 0.3) is 10.9 Å². The molecule has 130 valence electrons. The predicted octanol–water partition coefficient (Wildman–Crippen LogP) is 1.96. The third-order valence-corrected chi connectivity index (χ3v) is 4.60. The number of nitrogens with two attached hydrogens (primary N) is 1. The highest BCUT2D eigenvalue weighted by Gasteiger charge is 2.43. The molecule has 0 unspecified atom stereocenters. The van der Waals surface area contributed by atoms with Crippen molar-refractivity contribution < 1.29 is 15.8 Å². The van der Waals surface area contributed by atoms with E-state index >= 15 is 0 Å². The third-order valence-electron chi connectivity index (χ3n) is 4.60. The zero-order valence-electron chi connectivity index (χ0n) is 14.0. The van der Waals surface area contributed by atoms with Crippen molar-refractivity contribution in [1.82, 2.24) is 4.98 Å². The van der Waals surface area contributed by atoms with Crippen molar-refractivity contribution >= 4 is 33.9 Å². The van der Waals surface area contributed by atoms with Gasteiger partial charge in [-0.05, 0) is 43.3 Å². The fourth-order valence-corrected chi connectivity index (χ4v) is 3.41. The number of para-hydroxylation sites is 2. The predicted molar refractivity (Wildman–Crippen MR) is 98.3 cm³/mol. The van der Waals surface area contributed by atoms with E-state index in [4.69, 9.17) is 0 Å². The lowest BCUT2D eigenvalue weighted by molar-refractivity contribution is -0.653. The maximum atomic E-state index is 13.0. The van der Waals surface area contributed by atoms with Gasteiger partial charge in [0, 0.05) is 17.3 Å². The Balaban J connectivity index is 0.00000168. The number of carbonyl (C=O) groups is 1. The van der Waals surface area contributed by atoms with Gasteiger partial charge in [0.25, 0.3) is 0 Å². The second-order valence-corrected chi connectivity index (χ2v) is 6.16. The highest BCUT2D eigenvalue weighted by Crippen LogP contribution is 2.35. The summed E-state index contributed by atoms with van der Waals surface area (Å²) in [7, 11) is 0. The van der Waals surface area contributed by atoms with Crippen molar-refractivity contribution in [3.63, 3.8) is 0 Å². The molecule has 3 aromatic rings. The van der Waals surface area contributed by atoms with Gasteiger partial charge in [-0.1, -0.05) is 18.2 Å². The molecule has 5 rings (SSSR count). The van der Waals surface area contributed by atoms with Crippen molar-refractivity contribution in [2.24, 2.45) is 0 Å². The molecule has 0 radical (unpaired) electrons. The molecule has 1 aromatic heterocycles. The fourth-order valence-electron chi connectivity index (χ4n) is 3.41. The number of aromatic nitrogens is 1. The first-order chi connectivity index (χ1) is 12.2. The molecule has 26 heavy (non-hydrogen) atoms. The molecular formula is C19H17N5O2. The van der Waals surface area contributed by atoms with Gasteiger partial charge in [0.2, 0.25) is 0 Å². The molecule has 0 bridgehead atoms. The molecule has 7 nitrogen and oxygen atoms in total. The normalized spacial score (nSPS) is 15.5. The number of benzene rings is 2. The fraction of sp³-hybridized carbons (Fsp3) is 0.0526. The monoisotopic (exact) mass is 347 g/mol. The van der Waals surface area contributed by atoms with Crippen LogP contribution in [0.3, 0.4) is 0 Å². The van der Waals surface area contributed by atoms with E-state index in [-0.39, 0.29) is 11.4 Å². The molecule has 0 aliphatic carbocycles. The van der Waals surface area contributed by atoms with Crippen LogP contribution in [0.15, 0.2) is 72.2 Å². The van der Waals surface area contributed by atoms with Crippen LogP contribution in [0.1, 0.15) is 6.92 Å². The van der Waals surface area contributed by atoms with E-state index in [2.05, 4.69) is 10.3 Å². The third kappa shape index (κ3) is 2.22. The summed E-state index contributed by atoms with van der Waals surface area (Å²) in [6.45, 7) is 1.93. The van der Waals surface area contributed by atoms with Gasteiger partial charge in [-0.15, -0.1) is 10.5 Å². The number of allylic oxidation sites excluding steroid dienone is 1. The molecule has 1 fully saturated rings. The van der Waals surface area contributed by atoms with E-state index in [9.17, 15) is 4.79 Å². The first-order valence-corrected chi connectivity index (χ1v) is 8.12. The quantitative estimate of drug-likeness (QED) is 0.518. The van der Waals surface area contributed by atoms with Gasteiger partial charge in [-0.25, -0.2) is 0 Å². The summed E-state index contributed by atoms with van der Waals surface area (Å²) in [5.74, 6) is -0.0391. The number of carbonyl (C=O) groups excluding carboxylic acids is 1. The molecule has 0 saturated carbocycles. The van der Waals surface area contributed by atoms with Crippen LogP contribution in [0.5, 0.6) is 0 Å². The summed E-state index contributed by atoms with van der Waals surface area (Å²) >= 11 is 0. The van der Waals surface area contributed by atoms with Crippen LogP contribution in [0.2, 0.25) is 0 Å². The molecule has 0 spiro atoms. The van der Waals surface area contributed by atoms with Crippen LogP contribution in [-0.2, 0) is 4.79 Å². The first-order valence-electron chi connectivity index (χ1n) is 8.12. The van der Waals surface area contributed by atoms with Crippen LogP contribution in [-0.4, -0.2) is 16.4 Å². The highest BCUT2D eigenvalue weighted by atomic mass is 16.2. The number of rotatable bonds is 1. The average molecular weight is 347 g/mol. The Labute approximate surface area is 149 Å². The average Bonchev–Trinajstić information content (AvgIpc) is 3.00. The number of fused-ring (bicyclic) bond motifs is 4. The molecule has 2 aliphatic rings. The molecule has 2 aromatic carbocycles. The standard InChI is InChI=1S/C19H15N5O.H2O/c1-12-18-19(25)23(14-8-9-15-13(11-14)5-4-10-20-15)22-24(18)17-7-3-2-6-16(17)21-12;/h2-11,21-22H,1H3;1H2. The number of hydrogen-bond acceptors (Lipinski definition) is 5. The lowest BCUT2D eigenvalue weighted by Crippen LogP contribution is -2.98. The molecule has 4 N–H and O–H groups in total.